The molecule has 1 aliphatic heterocycles. The van der Waals surface area contributed by atoms with Gasteiger partial charge in [-0.2, -0.15) is 0 Å². The minimum Gasteiger partial charge on any atom is -0.439 e. The molecular weight excluding hydrogens is 204 g/mol. The first-order valence-electron chi connectivity index (χ1n) is 4.08. The minimum atomic E-state index is -0.415. The van der Waals surface area contributed by atoms with Crippen molar-refractivity contribution >= 4 is 34.4 Å². The van der Waals surface area contributed by atoms with Gasteiger partial charge in [-0.05, 0) is 12.6 Å². The summed E-state index contributed by atoms with van der Waals surface area (Å²) in [6.45, 7) is 2.05. The van der Waals surface area contributed by atoms with Gasteiger partial charge < -0.3 is 4.74 Å². The lowest BCUT2D eigenvalue weighted by Crippen LogP contribution is -2.28. The Bertz CT molecular complexity index is 242. The van der Waals surface area contributed by atoms with Crippen molar-refractivity contribution in [2.24, 2.45) is 0 Å². The number of hydrogen-bond donors (Lipinski definition) is 1. The molecule has 0 radical (unpaired) electrons. The van der Waals surface area contributed by atoms with Crippen LogP contribution in [0.25, 0.3) is 0 Å². The molecule has 13 heavy (non-hydrogen) atoms. The van der Waals surface area contributed by atoms with Crippen molar-refractivity contribution in [3.63, 3.8) is 0 Å². The third-order valence-corrected chi connectivity index (χ3v) is 3.91. The van der Waals surface area contributed by atoms with Gasteiger partial charge >= 0.3 is 6.09 Å². The normalized spacial score (nSPS) is 28.4. The Morgan fingerprint density at radius 1 is 1.77 bits per heavy atom. The number of rotatable bonds is 4. The zero-order valence-corrected chi connectivity index (χ0v) is 9.48. The number of carbonyl (C=O) groups is 1. The van der Waals surface area contributed by atoms with Crippen LogP contribution in [0.5, 0.6) is 0 Å². The smallest absolute Gasteiger partial charge is 0.411 e. The Labute approximate surface area is 81.0 Å². The van der Waals surface area contributed by atoms with Gasteiger partial charge in [-0.25, -0.2) is 4.79 Å². The van der Waals surface area contributed by atoms with Gasteiger partial charge in [0.15, 0.2) is 6.10 Å². The van der Waals surface area contributed by atoms with Gasteiger partial charge in [0.2, 0.25) is 5.78 Å². The summed E-state index contributed by atoms with van der Waals surface area (Å²) in [4.78, 5) is 11.0. The van der Waals surface area contributed by atoms with Crippen molar-refractivity contribution in [1.29, 1.82) is 0 Å². The van der Waals surface area contributed by atoms with Crippen molar-refractivity contribution in [2.45, 2.75) is 18.3 Å². The maximum Gasteiger partial charge on any atom is 0.411 e. The zero-order chi connectivity index (χ0) is 9.84. The lowest BCUT2D eigenvalue weighted by atomic mass is 10.3. The Kier molecular flexibility index (Phi) is 3.90. The van der Waals surface area contributed by atoms with Crippen molar-refractivity contribution in [2.75, 3.05) is 12.8 Å². The number of hydrogen-bond acceptors (Lipinski definition) is 2. The highest BCUT2D eigenvalue weighted by molar-refractivity contribution is 7.55. The molecule has 1 saturated heterocycles. The first-order valence-corrected chi connectivity index (χ1v) is 7.39. The maximum atomic E-state index is 11.0. The molecule has 3 unspecified atom stereocenters. The highest BCUT2D eigenvalue weighted by Crippen LogP contribution is 2.30. The highest BCUT2D eigenvalue weighted by Gasteiger charge is 2.39. The first kappa shape index (κ1) is 10.7. The number of amides is 1. The molecule has 0 bridgehead atoms. The number of ether oxygens (including phenoxy) is 1. The van der Waals surface area contributed by atoms with Gasteiger partial charge in [-0.1, -0.05) is 6.30 Å². The second-order valence-electron chi connectivity index (χ2n) is 3.03. The second-order valence-corrected chi connectivity index (χ2v) is 5.99. The molecule has 1 fully saturated rings. The summed E-state index contributed by atoms with van der Waals surface area (Å²) in [5.74, 6) is 0.129. The van der Waals surface area contributed by atoms with E-state index in [-0.39, 0.29) is 18.0 Å². The Morgan fingerprint density at radius 3 is 3.00 bits per heavy atom. The van der Waals surface area contributed by atoms with Gasteiger partial charge in [-0.15, -0.1) is 8.20 Å². The van der Waals surface area contributed by atoms with Gasteiger partial charge in [-0.3, -0.25) is 5.32 Å². The van der Waals surface area contributed by atoms with Gasteiger partial charge in [0.05, 0.1) is 13.0 Å². The maximum absolute atomic E-state index is 11.0. The molecule has 72 valence electrons. The molecule has 1 N–H and O–H groups in total. The quantitative estimate of drug-likeness (QED) is 0.730. The van der Waals surface area contributed by atoms with E-state index in [0.29, 0.717) is 0 Å². The Morgan fingerprint density at radius 2 is 2.46 bits per heavy atom. The molecule has 0 saturated carbocycles. The predicted octanol–water partition coefficient (Wildman–Crippen LogP) is 1.73. The fraction of sp³-hybridized carbons (Fsp3) is 0.625. The standard InChI is InChI=1S/C8H13NO2P2/c1-12-5-4-6-7(13(2)3)9-8(10)11-6/h6-7H,1-2,4-5H2,3H3/p+1. The van der Waals surface area contributed by atoms with E-state index in [4.69, 9.17) is 4.74 Å². The number of carbonyl (C=O) groups excluding carboxylic acids is 1. The number of cyclic esters (lactones) is 1. The predicted molar refractivity (Wildman–Crippen MR) is 60.7 cm³/mol. The SMILES string of the molecule is C=PCCC1OC(=O)NC1[P+](=C)C. The molecule has 3 atom stereocenters. The fourth-order valence-electron chi connectivity index (χ4n) is 1.28. The summed E-state index contributed by atoms with van der Waals surface area (Å²) in [5.41, 5.74) is 0. The second kappa shape index (κ2) is 4.74. The van der Waals surface area contributed by atoms with Crippen LogP contribution in [-0.4, -0.2) is 43.4 Å². The van der Waals surface area contributed by atoms with E-state index in [1.807, 2.05) is 6.66 Å². The van der Waals surface area contributed by atoms with Crippen molar-refractivity contribution in [3.05, 3.63) is 0 Å². The Hall–Kier alpha value is -0.390. The van der Waals surface area contributed by atoms with Crippen LogP contribution in [0.15, 0.2) is 0 Å². The molecular formula is C8H14NO2P2+. The average molecular weight is 218 g/mol. The van der Waals surface area contributed by atoms with Crippen molar-refractivity contribution < 1.29 is 9.53 Å². The molecule has 0 aromatic rings. The Balaban J connectivity index is 2.55. The van der Waals surface area contributed by atoms with E-state index < -0.39 is 7.55 Å². The largest absolute Gasteiger partial charge is 0.439 e. The summed E-state index contributed by atoms with van der Waals surface area (Å²) in [7, 11) is 0.685. The summed E-state index contributed by atoms with van der Waals surface area (Å²) in [5, 5.41) is 2.79. The third kappa shape index (κ3) is 2.79. The van der Waals surface area contributed by atoms with Crippen LogP contribution >= 0.6 is 15.7 Å². The topological polar surface area (TPSA) is 38.3 Å². The van der Waals surface area contributed by atoms with Gasteiger partial charge in [0, 0.05) is 0 Å². The first-order chi connectivity index (χ1) is 6.15. The van der Waals surface area contributed by atoms with Crippen molar-refractivity contribution in [3.8, 4) is 0 Å². The van der Waals surface area contributed by atoms with E-state index in [1.165, 1.54) is 0 Å². The van der Waals surface area contributed by atoms with E-state index in [1.54, 1.807) is 0 Å². The molecule has 1 amide bonds. The molecule has 0 spiro atoms. The molecule has 1 aliphatic rings. The van der Waals surface area contributed by atoms with Crippen LogP contribution in [-0.2, 0) is 4.74 Å². The molecule has 0 aliphatic carbocycles. The van der Waals surface area contributed by atoms with Crippen LogP contribution in [0.2, 0.25) is 0 Å². The minimum absolute atomic E-state index is 0.00959. The zero-order valence-electron chi connectivity index (χ0n) is 7.69. The van der Waals surface area contributed by atoms with Crippen LogP contribution < -0.4 is 5.32 Å². The molecule has 3 nitrogen and oxygen atoms in total. The van der Waals surface area contributed by atoms with E-state index in [9.17, 15) is 4.79 Å². The van der Waals surface area contributed by atoms with Crippen LogP contribution in [0.3, 0.4) is 0 Å². The summed E-state index contributed by atoms with van der Waals surface area (Å²) >= 11 is 0. The summed E-state index contributed by atoms with van der Waals surface area (Å²) in [6, 6.07) is 0. The molecule has 5 heteroatoms. The van der Waals surface area contributed by atoms with E-state index in [2.05, 4.69) is 17.9 Å². The molecule has 1 heterocycles. The lowest BCUT2D eigenvalue weighted by Gasteiger charge is -2.08. The summed E-state index contributed by atoms with van der Waals surface area (Å²) in [6.07, 6.45) is 9.27. The van der Waals surface area contributed by atoms with Crippen LogP contribution in [0, 0.1) is 0 Å². The average Bonchev–Trinajstić information content (AvgIpc) is 2.43. The van der Waals surface area contributed by atoms with Gasteiger partial charge in [0.25, 0.3) is 0 Å². The van der Waals surface area contributed by atoms with E-state index >= 15 is 0 Å². The number of nitrogens with one attached hydrogen (secondary N) is 1. The van der Waals surface area contributed by atoms with Crippen LogP contribution in [0.1, 0.15) is 6.42 Å². The highest BCUT2D eigenvalue weighted by atomic mass is 31.1. The summed E-state index contributed by atoms with van der Waals surface area (Å²) < 4.78 is 5.13. The third-order valence-electron chi connectivity index (χ3n) is 1.92. The monoisotopic (exact) mass is 218 g/mol. The molecule has 0 aromatic heterocycles. The van der Waals surface area contributed by atoms with Crippen molar-refractivity contribution in [1.82, 2.24) is 5.32 Å². The fourth-order valence-corrected chi connectivity index (χ4v) is 2.82. The van der Waals surface area contributed by atoms with Crippen LogP contribution in [0.4, 0.5) is 4.79 Å². The lowest BCUT2D eigenvalue weighted by molar-refractivity contribution is 0.136. The van der Waals surface area contributed by atoms with E-state index in [0.717, 1.165) is 20.8 Å². The molecule has 1 rings (SSSR count). The van der Waals surface area contributed by atoms with Gasteiger partial charge in [0.1, 0.15) is 7.55 Å². The molecule has 0 aromatic carbocycles. The number of alkyl carbamates (subject to hydrolysis) is 1.